The van der Waals surface area contributed by atoms with Crippen molar-refractivity contribution in [3.05, 3.63) is 107 Å². The number of nitrogens with two attached hydrogens (primary N) is 2. The van der Waals surface area contributed by atoms with Crippen molar-refractivity contribution in [2.45, 2.75) is 51.9 Å². The highest BCUT2D eigenvalue weighted by Crippen LogP contribution is 2.30. The minimum absolute atomic E-state index is 0.732. The Morgan fingerprint density at radius 3 is 2.38 bits per heavy atom. The fourth-order valence-electron chi connectivity index (χ4n) is 4.25. The molecule has 0 saturated carbocycles. The van der Waals surface area contributed by atoms with Gasteiger partial charge in [-0.05, 0) is 110 Å². The minimum atomic E-state index is 0.732. The third-order valence-electron chi connectivity index (χ3n) is 6.13. The van der Waals surface area contributed by atoms with Crippen LogP contribution in [0, 0.1) is 0 Å². The molecule has 0 saturated heterocycles. The summed E-state index contributed by atoms with van der Waals surface area (Å²) in [6.07, 6.45) is 14.4. The number of rotatable bonds is 10. The van der Waals surface area contributed by atoms with Crippen molar-refractivity contribution in [1.82, 2.24) is 0 Å². The van der Waals surface area contributed by atoms with Gasteiger partial charge in [0, 0.05) is 0 Å². The van der Waals surface area contributed by atoms with Crippen molar-refractivity contribution in [2.75, 3.05) is 13.1 Å². The van der Waals surface area contributed by atoms with Gasteiger partial charge in [0.05, 0.1) is 0 Å². The molecule has 3 rings (SSSR count). The lowest BCUT2D eigenvalue weighted by Crippen LogP contribution is -2.00. The van der Waals surface area contributed by atoms with Gasteiger partial charge >= 0.3 is 0 Å². The molecule has 0 amide bonds. The van der Waals surface area contributed by atoms with E-state index in [-0.39, 0.29) is 0 Å². The third kappa shape index (κ3) is 6.91. The predicted octanol–water partition coefficient (Wildman–Crippen LogP) is 6.62. The smallest absolute Gasteiger partial charge is 0.00741 e. The van der Waals surface area contributed by atoms with Gasteiger partial charge in [0.25, 0.3) is 0 Å². The second-order valence-corrected chi connectivity index (χ2v) is 8.76. The number of hydrogen-bond acceptors (Lipinski definition) is 2. The lowest BCUT2D eigenvalue weighted by molar-refractivity contribution is 0.832. The fourth-order valence-corrected chi connectivity index (χ4v) is 4.25. The van der Waals surface area contributed by atoms with Crippen LogP contribution in [0.1, 0.15) is 61.3 Å². The van der Waals surface area contributed by atoms with Gasteiger partial charge in [-0.3, -0.25) is 0 Å². The van der Waals surface area contributed by atoms with Crippen LogP contribution >= 0.6 is 0 Å². The summed E-state index contributed by atoms with van der Waals surface area (Å²) < 4.78 is 0. The van der Waals surface area contributed by atoms with Crippen LogP contribution in [0.25, 0.3) is 11.1 Å². The molecule has 2 aromatic rings. The van der Waals surface area contributed by atoms with Crippen LogP contribution in [0.4, 0.5) is 0 Å². The lowest BCUT2D eigenvalue weighted by atomic mass is 9.94. The van der Waals surface area contributed by atoms with Gasteiger partial charge in [-0.25, -0.2) is 0 Å². The monoisotopic (exact) mass is 426 g/mol. The van der Waals surface area contributed by atoms with Crippen molar-refractivity contribution in [1.29, 1.82) is 0 Å². The van der Waals surface area contributed by atoms with Crippen molar-refractivity contribution in [3.63, 3.8) is 0 Å². The SMILES string of the molecule is C=C(C=C(C)c1cccc(CCCN)c1)C1=CC(c2cccc(CCCN)c2)=CCCC1. The molecule has 0 aliphatic heterocycles. The Morgan fingerprint density at radius 1 is 0.969 bits per heavy atom. The first-order chi connectivity index (χ1) is 15.6. The molecule has 4 N–H and O–H groups in total. The maximum atomic E-state index is 5.70. The molecule has 1 aliphatic carbocycles. The maximum Gasteiger partial charge on any atom is -0.00741 e. The Morgan fingerprint density at radius 2 is 1.66 bits per heavy atom. The molecule has 32 heavy (non-hydrogen) atoms. The summed E-state index contributed by atoms with van der Waals surface area (Å²) >= 11 is 0. The zero-order valence-corrected chi connectivity index (χ0v) is 19.6. The Kier molecular flexibility index (Phi) is 9.27. The van der Waals surface area contributed by atoms with Gasteiger partial charge in [-0.15, -0.1) is 0 Å². The van der Waals surface area contributed by atoms with E-state index in [2.05, 4.69) is 80.3 Å². The summed E-state index contributed by atoms with van der Waals surface area (Å²) in [5.41, 5.74) is 21.6. The van der Waals surface area contributed by atoms with E-state index in [9.17, 15) is 0 Å². The number of aryl methyl sites for hydroxylation is 2. The van der Waals surface area contributed by atoms with E-state index in [1.807, 2.05) is 0 Å². The number of hydrogen-bond donors (Lipinski definition) is 2. The normalized spacial score (nSPS) is 14.5. The molecule has 0 heterocycles. The van der Waals surface area contributed by atoms with E-state index in [0.29, 0.717) is 0 Å². The van der Waals surface area contributed by atoms with Crippen LogP contribution < -0.4 is 11.5 Å². The lowest BCUT2D eigenvalue weighted by Gasteiger charge is -2.11. The minimum Gasteiger partial charge on any atom is -0.330 e. The van der Waals surface area contributed by atoms with Crippen LogP contribution in [0.15, 0.2) is 84.5 Å². The van der Waals surface area contributed by atoms with Crippen LogP contribution in [0.2, 0.25) is 0 Å². The molecule has 0 fully saturated rings. The summed E-state index contributed by atoms with van der Waals surface area (Å²) in [6, 6.07) is 17.7. The number of allylic oxidation sites excluding steroid dienone is 7. The summed E-state index contributed by atoms with van der Waals surface area (Å²) in [6.45, 7) is 8.09. The molecule has 0 unspecified atom stereocenters. The van der Waals surface area contributed by atoms with Gasteiger partial charge in [-0.2, -0.15) is 0 Å². The van der Waals surface area contributed by atoms with Gasteiger partial charge in [0.1, 0.15) is 0 Å². The molecule has 0 radical (unpaired) electrons. The molecule has 2 nitrogen and oxygen atoms in total. The molecule has 0 bridgehead atoms. The van der Waals surface area contributed by atoms with Crippen molar-refractivity contribution < 1.29 is 0 Å². The molecule has 1 aliphatic rings. The third-order valence-corrected chi connectivity index (χ3v) is 6.13. The quantitative estimate of drug-likeness (QED) is 0.419. The van der Waals surface area contributed by atoms with E-state index in [1.54, 1.807) is 0 Å². The first-order valence-electron chi connectivity index (χ1n) is 12.0. The largest absolute Gasteiger partial charge is 0.330 e. The highest BCUT2D eigenvalue weighted by atomic mass is 14.5. The van der Waals surface area contributed by atoms with Gasteiger partial charge in [-0.1, -0.05) is 73.3 Å². The average Bonchev–Trinajstić information content (AvgIpc) is 3.08. The van der Waals surface area contributed by atoms with Crippen molar-refractivity contribution in [3.8, 4) is 0 Å². The van der Waals surface area contributed by atoms with Crippen LogP contribution in [0.3, 0.4) is 0 Å². The Bertz CT molecular complexity index is 1010. The summed E-state index contributed by atoms with van der Waals surface area (Å²) in [4.78, 5) is 0. The Hall–Kier alpha value is -2.68. The van der Waals surface area contributed by atoms with E-state index in [4.69, 9.17) is 11.5 Å². The van der Waals surface area contributed by atoms with Crippen molar-refractivity contribution >= 4 is 11.1 Å². The first kappa shape index (κ1) is 24.0. The second kappa shape index (κ2) is 12.4. The predicted molar refractivity (Wildman–Crippen MR) is 140 cm³/mol. The average molecular weight is 427 g/mol. The Labute approximate surface area is 194 Å². The van der Waals surface area contributed by atoms with E-state index in [0.717, 1.165) is 63.6 Å². The molecule has 2 heteroatoms. The molecular formula is C30H38N2. The maximum absolute atomic E-state index is 5.70. The zero-order valence-electron chi connectivity index (χ0n) is 19.6. The van der Waals surface area contributed by atoms with E-state index >= 15 is 0 Å². The first-order valence-corrected chi connectivity index (χ1v) is 12.0. The highest BCUT2D eigenvalue weighted by molar-refractivity contribution is 5.77. The molecule has 168 valence electrons. The molecular weight excluding hydrogens is 388 g/mol. The van der Waals surface area contributed by atoms with Crippen LogP contribution in [-0.2, 0) is 12.8 Å². The van der Waals surface area contributed by atoms with Gasteiger partial charge in [0.15, 0.2) is 0 Å². The summed E-state index contributed by atoms with van der Waals surface area (Å²) in [5.74, 6) is 0. The van der Waals surface area contributed by atoms with Crippen LogP contribution in [-0.4, -0.2) is 13.1 Å². The Balaban J connectivity index is 1.80. The fraction of sp³-hybridized carbons (Fsp3) is 0.333. The van der Waals surface area contributed by atoms with E-state index in [1.165, 1.54) is 39.0 Å². The molecule has 0 atom stereocenters. The van der Waals surface area contributed by atoms with Gasteiger partial charge in [0.2, 0.25) is 0 Å². The summed E-state index contributed by atoms with van der Waals surface area (Å²) in [7, 11) is 0. The topological polar surface area (TPSA) is 52.0 Å². The zero-order chi connectivity index (χ0) is 22.8. The van der Waals surface area contributed by atoms with E-state index < -0.39 is 0 Å². The molecule has 0 aromatic heterocycles. The van der Waals surface area contributed by atoms with Gasteiger partial charge < -0.3 is 11.5 Å². The summed E-state index contributed by atoms with van der Waals surface area (Å²) in [5, 5.41) is 0. The highest BCUT2D eigenvalue weighted by Gasteiger charge is 2.10. The van der Waals surface area contributed by atoms with Crippen LogP contribution in [0.5, 0.6) is 0 Å². The molecule has 2 aromatic carbocycles. The standard InChI is InChI=1S/C30H38N2/c1-23(27-15-5-9-25(20-27)11-7-17-31)19-24(2)28-13-3-4-14-30(22-28)29-16-6-10-26(21-29)12-8-18-32/h5-6,9-10,14-16,19-22H,2-4,7-8,11-13,17-18,31-32H2,1H3. The van der Waals surface area contributed by atoms with Crippen molar-refractivity contribution in [2.24, 2.45) is 11.5 Å². The number of benzene rings is 2. The second-order valence-electron chi connectivity index (χ2n) is 8.76. The molecule has 0 spiro atoms.